The Bertz CT molecular complexity index is 3260. The van der Waals surface area contributed by atoms with Crippen LogP contribution in [0.5, 0.6) is 0 Å². The molecule has 0 radical (unpaired) electrons. The summed E-state index contributed by atoms with van der Waals surface area (Å²) in [5.41, 5.74) is 8.89. The fourth-order valence-electron chi connectivity index (χ4n) is 8.03. The molecule has 0 aliphatic rings. The summed E-state index contributed by atoms with van der Waals surface area (Å²) in [4.78, 5) is 15.8. The van der Waals surface area contributed by atoms with Gasteiger partial charge in [0.15, 0.2) is 17.5 Å². The Labute approximate surface area is 317 Å². The van der Waals surface area contributed by atoms with E-state index >= 15 is 0 Å². The van der Waals surface area contributed by atoms with E-state index in [4.69, 9.17) is 19.4 Å². The molecular weight excluding hydrogens is 671 g/mol. The van der Waals surface area contributed by atoms with E-state index in [1.165, 1.54) is 21.5 Å². The van der Waals surface area contributed by atoms with E-state index in [0.29, 0.717) is 17.5 Å². The van der Waals surface area contributed by atoms with Crippen molar-refractivity contribution < 1.29 is 4.42 Å². The van der Waals surface area contributed by atoms with Crippen LogP contribution in [0.3, 0.4) is 0 Å². The second-order valence-electron chi connectivity index (χ2n) is 14.0. The molecule has 11 aromatic rings. The highest BCUT2D eigenvalue weighted by Gasteiger charge is 2.20. The second kappa shape index (κ2) is 12.6. The van der Waals surface area contributed by atoms with Crippen LogP contribution in [0, 0.1) is 0 Å². The topological polar surface area (TPSA) is 51.8 Å². The van der Waals surface area contributed by atoms with Crippen molar-refractivity contribution in [2.45, 2.75) is 0 Å². The molecule has 4 nitrogen and oxygen atoms in total. The maximum absolute atomic E-state index is 6.46. The molecule has 0 aliphatic heterocycles. The van der Waals surface area contributed by atoms with E-state index in [0.717, 1.165) is 71.7 Å². The van der Waals surface area contributed by atoms with Gasteiger partial charge >= 0.3 is 0 Å². The quantitative estimate of drug-likeness (QED) is 0.168. The average Bonchev–Trinajstić information content (AvgIpc) is 3.64. The highest BCUT2D eigenvalue weighted by molar-refractivity contribution is 6.16. The van der Waals surface area contributed by atoms with Crippen molar-refractivity contribution in [2.24, 2.45) is 0 Å². The zero-order chi connectivity index (χ0) is 36.3. The minimum absolute atomic E-state index is 0.589. The number of nitrogens with zero attached hydrogens (tertiary/aromatic N) is 3. The fraction of sp³-hybridized carbons (Fsp3) is 0. The van der Waals surface area contributed by atoms with Gasteiger partial charge in [0.2, 0.25) is 0 Å². The summed E-state index contributed by atoms with van der Waals surface area (Å²) in [5, 5.41) is 9.05. The van der Waals surface area contributed by atoms with Gasteiger partial charge in [-0.25, -0.2) is 15.0 Å². The van der Waals surface area contributed by atoms with Crippen molar-refractivity contribution in [3.63, 3.8) is 0 Å². The van der Waals surface area contributed by atoms with Crippen LogP contribution in [0.4, 0.5) is 0 Å². The summed E-state index contributed by atoms with van der Waals surface area (Å²) in [6.07, 6.45) is 0. The summed E-state index contributed by atoms with van der Waals surface area (Å²) < 4.78 is 6.46. The maximum Gasteiger partial charge on any atom is 0.164 e. The SMILES string of the molecule is c1ccc(-c2ccc3oc4cccc(-c5nc(-c6ccc7ccccc7c6)nc(-c6cc(-c7ccccc7)c7c(ccc8ccccc87)c6)n5)c4c3c2)cc1. The van der Waals surface area contributed by atoms with Crippen molar-refractivity contribution in [1.29, 1.82) is 0 Å². The molecule has 55 heavy (non-hydrogen) atoms. The Morgan fingerprint density at radius 3 is 1.76 bits per heavy atom. The predicted octanol–water partition coefficient (Wildman–Crippen LogP) is 13.6. The molecule has 0 N–H and O–H groups in total. The number of hydrogen-bond acceptors (Lipinski definition) is 4. The standard InChI is InChI=1S/C51H31N3O/c1-3-12-32(13-4-1)37-26-27-45-44(30-37)48-42(20-11-21-46(48)55-45)51-53-49(39-25-22-33-14-7-8-18-36(33)28-39)52-50(54-51)40-29-38-24-23-35-17-9-10-19-41(35)47(38)43(31-40)34-15-5-2-6-16-34/h1-31H. The maximum atomic E-state index is 6.46. The first kappa shape index (κ1) is 31.1. The number of furan rings is 1. The lowest BCUT2D eigenvalue weighted by Crippen LogP contribution is -2.01. The van der Waals surface area contributed by atoms with Gasteiger partial charge in [-0.2, -0.15) is 0 Å². The van der Waals surface area contributed by atoms with Gasteiger partial charge in [0, 0.05) is 27.5 Å². The number of hydrogen-bond donors (Lipinski definition) is 0. The van der Waals surface area contributed by atoms with E-state index in [-0.39, 0.29) is 0 Å². The number of rotatable bonds is 5. The van der Waals surface area contributed by atoms with E-state index < -0.39 is 0 Å². The molecule has 0 fully saturated rings. The molecular formula is C51H31N3O. The zero-order valence-electron chi connectivity index (χ0n) is 29.6. The lowest BCUT2D eigenvalue weighted by Gasteiger charge is -2.14. The Balaban J connectivity index is 1.19. The minimum atomic E-state index is 0.589. The monoisotopic (exact) mass is 701 g/mol. The van der Waals surface area contributed by atoms with Crippen LogP contribution < -0.4 is 0 Å². The minimum Gasteiger partial charge on any atom is -0.456 e. The molecule has 0 saturated heterocycles. The first-order chi connectivity index (χ1) is 27.2. The molecule has 0 aliphatic carbocycles. The van der Waals surface area contributed by atoms with E-state index in [9.17, 15) is 0 Å². The van der Waals surface area contributed by atoms with Gasteiger partial charge in [0.1, 0.15) is 11.2 Å². The Hall–Kier alpha value is -7.43. The van der Waals surface area contributed by atoms with Gasteiger partial charge in [-0.3, -0.25) is 0 Å². The fourth-order valence-corrected chi connectivity index (χ4v) is 8.03. The summed E-state index contributed by atoms with van der Waals surface area (Å²) in [6.45, 7) is 0. The van der Waals surface area contributed by atoms with E-state index in [2.05, 4.69) is 170 Å². The Morgan fingerprint density at radius 1 is 0.291 bits per heavy atom. The summed E-state index contributed by atoms with van der Waals surface area (Å²) in [6, 6.07) is 65.8. The molecule has 0 spiro atoms. The van der Waals surface area contributed by atoms with Gasteiger partial charge in [-0.05, 0) is 91.0 Å². The smallest absolute Gasteiger partial charge is 0.164 e. The average molecular weight is 702 g/mol. The molecule has 0 unspecified atom stereocenters. The highest BCUT2D eigenvalue weighted by atomic mass is 16.3. The van der Waals surface area contributed by atoms with Crippen LogP contribution >= 0.6 is 0 Å². The van der Waals surface area contributed by atoms with Crippen LogP contribution in [0.15, 0.2) is 192 Å². The molecule has 0 bridgehead atoms. The van der Waals surface area contributed by atoms with Crippen LogP contribution in [-0.4, -0.2) is 15.0 Å². The van der Waals surface area contributed by atoms with Crippen LogP contribution in [0.2, 0.25) is 0 Å². The molecule has 11 rings (SSSR count). The summed E-state index contributed by atoms with van der Waals surface area (Å²) in [5.74, 6) is 1.81. The zero-order valence-corrected chi connectivity index (χ0v) is 29.6. The van der Waals surface area contributed by atoms with Crippen molar-refractivity contribution in [3.8, 4) is 56.4 Å². The van der Waals surface area contributed by atoms with Crippen LogP contribution in [0.25, 0.3) is 111 Å². The van der Waals surface area contributed by atoms with Crippen LogP contribution in [-0.2, 0) is 0 Å². The third-order valence-electron chi connectivity index (χ3n) is 10.7. The van der Waals surface area contributed by atoms with Crippen molar-refractivity contribution in [2.75, 3.05) is 0 Å². The second-order valence-corrected chi connectivity index (χ2v) is 14.0. The number of benzene rings is 9. The van der Waals surface area contributed by atoms with Crippen LogP contribution in [0.1, 0.15) is 0 Å². The molecule has 0 atom stereocenters. The summed E-state index contributed by atoms with van der Waals surface area (Å²) >= 11 is 0. The van der Waals surface area contributed by atoms with Gasteiger partial charge in [-0.1, -0.05) is 152 Å². The number of aromatic nitrogens is 3. The molecule has 2 aromatic heterocycles. The van der Waals surface area contributed by atoms with E-state index in [1.807, 2.05) is 18.2 Å². The third kappa shape index (κ3) is 5.34. The highest BCUT2D eigenvalue weighted by Crippen LogP contribution is 2.41. The number of fused-ring (bicyclic) bond motifs is 7. The van der Waals surface area contributed by atoms with Gasteiger partial charge in [0.25, 0.3) is 0 Å². The first-order valence-corrected chi connectivity index (χ1v) is 18.5. The Kier molecular flexibility index (Phi) is 7.14. The van der Waals surface area contributed by atoms with Crippen molar-refractivity contribution in [1.82, 2.24) is 15.0 Å². The largest absolute Gasteiger partial charge is 0.456 e. The van der Waals surface area contributed by atoms with Gasteiger partial charge in [-0.15, -0.1) is 0 Å². The van der Waals surface area contributed by atoms with Crippen molar-refractivity contribution in [3.05, 3.63) is 188 Å². The molecule has 2 heterocycles. The molecule has 0 saturated carbocycles. The van der Waals surface area contributed by atoms with E-state index in [1.54, 1.807) is 0 Å². The molecule has 9 aromatic carbocycles. The third-order valence-corrected chi connectivity index (χ3v) is 10.7. The Morgan fingerprint density at radius 2 is 0.927 bits per heavy atom. The van der Waals surface area contributed by atoms with Gasteiger partial charge in [0.05, 0.1) is 0 Å². The van der Waals surface area contributed by atoms with Crippen molar-refractivity contribution >= 4 is 54.3 Å². The molecule has 0 amide bonds. The predicted molar refractivity (Wildman–Crippen MR) is 227 cm³/mol. The first-order valence-electron chi connectivity index (χ1n) is 18.5. The molecule has 256 valence electrons. The lowest BCUT2D eigenvalue weighted by atomic mass is 9.91. The summed E-state index contributed by atoms with van der Waals surface area (Å²) in [7, 11) is 0. The lowest BCUT2D eigenvalue weighted by molar-refractivity contribution is 0.669. The van der Waals surface area contributed by atoms with Gasteiger partial charge < -0.3 is 4.42 Å². The normalized spacial score (nSPS) is 11.6. The molecule has 4 heteroatoms.